The molecule has 11 N–H and O–H groups in total. The summed E-state index contributed by atoms with van der Waals surface area (Å²) in [6.07, 6.45) is -12.2. The van der Waals surface area contributed by atoms with Crippen molar-refractivity contribution in [3.8, 4) is 0 Å². The van der Waals surface area contributed by atoms with Crippen LogP contribution in [0.15, 0.2) is 0 Å². The van der Waals surface area contributed by atoms with Crippen molar-refractivity contribution >= 4 is 0 Å². The Bertz CT molecular complexity index is 434. The van der Waals surface area contributed by atoms with E-state index in [4.69, 9.17) is 19.7 Å². The van der Waals surface area contributed by atoms with Crippen molar-refractivity contribution in [2.75, 3.05) is 39.4 Å². The van der Waals surface area contributed by atoms with E-state index in [2.05, 4.69) is 16.0 Å². The third-order valence-electron chi connectivity index (χ3n) is 5.08. The summed E-state index contributed by atoms with van der Waals surface area (Å²) in [5, 5.41) is 85.8. The van der Waals surface area contributed by atoms with Gasteiger partial charge in [0.15, 0.2) is 0 Å². The zero-order valence-corrected chi connectivity index (χ0v) is 15.9. The summed E-state index contributed by atoms with van der Waals surface area (Å²) in [5.74, 6) is 0. The highest BCUT2D eigenvalue weighted by atomic mass is 16.6. The summed E-state index contributed by atoms with van der Waals surface area (Å²) in [4.78, 5) is 0. The maximum Gasteiger partial charge on any atom is 0.137 e. The highest BCUT2D eigenvalue weighted by molar-refractivity contribution is 4.92. The Morgan fingerprint density at radius 1 is 0.517 bits per heavy atom. The summed E-state index contributed by atoms with van der Waals surface area (Å²) < 4.78 is 10.6. The molecule has 2 fully saturated rings. The van der Waals surface area contributed by atoms with E-state index < -0.39 is 74.5 Å². The number of hydrogen-bond donors (Lipinski definition) is 11. The fraction of sp³-hybridized carbons (Fsp3) is 1.00. The molecule has 2 heterocycles. The molecule has 0 aromatic rings. The van der Waals surface area contributed by atoms with Crippen molar-refractivity contribution in [2.45, 2.75) is 61.3 Å². The average molecular weight is 427 g/mol. The van der Waals surface area contributed by atoms with E-state index in [1.807, 2.05) is 0 Å². The highest BCUT2D eigenvalue weighted by Gasteiger charge is 2.44. The maximum atomic E-state index is 9.91. The van der Waals surface area contributed by atoms with Gasteiger partial charge in [0.2, 0.25) is 0 Å². The molecule has 2 rings (SSSR count). The number of aliphatic hydroxyl groups is 8. The monoisotopic (exact) mass is 427 g/mol. The molecule has 0 aliphatic carbocycles. The Hall–Kier alpha value is -0.520. The topological polar surface area (TPSA) is 216 Å². The molecule has 172 valence electrons. The second kappa shape index (κ2) is 11.8. The van der Waals surface area contributed by atoms with Crippen LogP contribution < -0.4 is 16.0 Å². The van der Waals surface area contributed by atoms with E-state index in [9.17, 15) is 30.6 Å². The highest BCUT2D eigenvalue weighted by Crippen LogP contribution is 2.20. The second-order valence-corrected chi connectivity index (χ2v) is 7.16. The zero-order valence-electron chi connectivity index (χ0n) is 15.9. The molecule has 2 unspecified atom stereocenters. The molecule has 0 bridgehead atoms. The molecule has 0 spiro atoms. The van der Waals surface area contributed by atoms with Crippen LogP contribution in [0.25, 0.3) is 0 Å². The lowest BCUT2D eigenvalue weighted by atomic mass is 9.98. The van der Waals surface area contributed by atoms with E-state index >= 15 is 0 Å². The molecule has 13 heteroatoms. The molecule has 0 radical (unpaired) electrons. The molecule has 2 aliphatic rings. The van der Waals surface area contributed by atoms with Crippen LogP contribution in [-0.4, -0.2) is 142 Å². The lowest BCUT2D eigenvalue weighted by Crippen LogP contribution is -2.63. The zero-order chi connectivity index (χ0) is 21.6. The molecule has 0 amide bonds. The Morgan fingerprint density at radius 2 is 0.897 bits per heavy atom. The normalized spacial score (nSPS) is 43.4. The minimum absolute atomic E-state index is 0.350. The van der Waals surface area contributed by atoms with Gasteiger partial charge in [-0.2, -0.15) is 0 Å². The number of aliphatic hydroxyl groups excluding tert-OH is 8. The Balaban J connectivity index is 1.61. The smallest absolute Gasteiger partial charge is 0.137 e. The van der Waals surface area contributed by atoms with Gasteiger partial charge in [-0.05, 0) is 0 Å². The lowest BCUT2D eigenvalue weighted by molar-refractivity contribution is -0.236. The van der Waals surface area contributed by atoms with Gasteiger partial charge >= 0.3 is 0 Å². The third-order valence-corrected chi connectivity index (χ3v) is 5.08. The van der Waals surface area contributed by atoms with Crippen LogP contribution in [0, 0.1) is 0 Å². The van der Waals surface area contributed by atoms with Crippen LogP contribution in [0.4, 0.5) is 0 Å². The minimum atomic E-state index is -1.44. The molecular formula is C16H33N3O10. The van der Waals surface area contributed by atoms with Gasteiger partial charge in [-0.3, -0.25) is 10.6 Å². The SMILES string of the molecule is OC[C@H]1OC(NCCNCCNC2O[C@H](CO)[C@@H](O)[C@H](O)[C@H]2O)[C@H](O)[C@@H](O)[C@@H]1O. The van der Waals surface area contributed by atoms with E-state index in [0.717, 1.165) is 0 Å². The van der Waals surface area contributed by atoms with Crippen molar-refractivity contribution in [1.29, 1.82) is 0 Å². The van der Waals surface area contributed by atoms with Gasteiger partial charge in [-0.15, -0.1) is 0 Å². The molecule has 13 nitrogen and oxygen atoms in total. The summed E-state index contributed by atoms with van der Waals surface area (Å²) >= 11 is 0. The molecule has 0 aromatic heterocycles. The maximum absolute atomic E-state index is 9.91. The van der Waals surface area contributed by atoms with E-state index in [-0.39, 0.29) is 0 Å². The predicted octanol–water partition coefficient (Wildman–Crippen LogP) is -6.64. The first-order chi connectivity index (χ1) is 13.8. The molecule has 0 aromatic carbocycles. The average Bonchev–Trinajstić information content (AvgIpc) is 2.72. The molecule has 2 aliphatic heterocycles. The van der Waals surface area contributed by atoms with Gasteiger partial charge < -0.3 is 55.6 Å². The van der Waals surface area contributed by atoms with Crippen molar-refractivity contribution in [1.82, 2.24) is 16.0 Å². The molecule has 2 saturated heterocycles. The molecule has 10 atom stereocenters. The van der Waals surface area contributed by atoms with Gasteiger partial charge in [-0.1, -0.05) is 0 Å². The Labute approximate surface area is 167 Å². The summed E-state index contributed by atoms with van der Waals surface area (Å²) in [6.45, 7) is 0.609. The van der Waals surface area contributed by atoms with Gasteiger partial charge in [0.05, 0.1) is 13.2 Å². The fourth-order valence-electron chi connectivity index (χ4n) is 3.27. The van der Waals surface area contributed by atoms with Crippen LogP contribution in [0.2, 0.25) is 0 Å². The molecular weight excluding hydrogens is 394 g/mol. The Morgan fingerprint density at radius 3 is 1.24 bits per heavy atom. The van der Waals surface area contributed by atoms with Crippen LogP contribution >= 0.6 is 0 Å². The quantitative estimate of drug-likeness (QED) is 0.146. The van der Waals surface area contributed by atoms with Crippen LogP contribution in [-0.2, 0) is 9.47 Å². The minimum Gasteiger partial charge on any atom is -0.394 e. The van der Waals surface area contributed by atoms with E-state index in [1.165, 1.54) is 0 Å². The third kappa shape index (κ3) is 6.24. The first-order valence-electron chi connectivity index (χ1n) is 9.60. The second-order valence-electron chi connectivity index (χ2n) is 7.16. The summed E-state index contributed by atoms with van der Waals surface area (Å²) in [5.41, 5.74) is 0. The van der Waals surface area contributed by atoms with E-state index in [1.54, 1.807) is 0 Å². The van der Waals surface area contributed by atoms with Gasteiger partial charge in [0, 0.05) is 26.2 Å². The standard InChI is InChI=1S/C16H33N3O10/c20-5-7-9(22)11(24)13(26)15(28-7)18-3-1-17-2-4-19-16-14(27)12(25)10(23)8(6-21)29-16/h7-27H,1-6H2/t7-,8-,9-,10-,11+,12+,13-,14-,15?,16?/m1/s1. The van der Waals surface area contributed by atoms with Crippen LogP contribution in [0.3, 0.4) is 0 Å². The largest absolute Gasteiger partial charge is 0.394 e. The van der Waals surface area contributed by atoms with Gasteiger partial charge in [0.25, 0.3) is 0 Å². The van der Waals surface area contributed by atoms with Crippen molar-refractivity contribution in [3.05, 3.63) is 0 Å². The molecule has 0 saturated carbocycles. The van der Waals surface area contributed by atoms with E-state index in [0.29, 0.717) is 26.2 Å². The molecule has 29 heavy (non-hydrogen) atoms. The van der Waals surface area contributed by atoms with Gasteiger partial charge in [0.1, 0.15) is 61.3 Å². The van der Waals surface area contributed by atoms with Crippen molar-refractivity contribution in [3.63, 3.8) is 0 Å². The summed E-state index contributed by atoms with van der Waals surface area (Å²) in [7, 11) is 0. The number of ether oxygens (including phenoxy) is 2. The van der Waals surface area contributed by atoms with Crippen molar-refractivity contribution < 1.29 is 50.3 Å². The van der Waals surface area contributed by atoms with Crippen LogP contribution in [0.5, 0.6) is 0 Å². The lowest BCUT2D eigenvalue weighted by Gasteiger charge is -2.40. The first kappa shape index (κ1) is 24.7. The number of hydrogen-bond acceptors (Lipinski definition) is 13. The first-order valence-corrected chi connectivity index (χ1v) is 9.60. The number of nitrogens with one attached hydrogen (secondary N) is 3. The van der Waals surface area contributed by atoms with Crippen molar-refractivity contribution in [2.24, 2.45) is 0 Å². The van der Waals surface area contributed by atoms with Crippen LogP contribution in [0.1, 0.15) is 0 Å². The predicted molar refractivity (Wildman–Crippen MR) is 96.4 cm³/mol. The van der Waals surface area contributed by atoms with Gasteiger partial charge in [-0.25, -0.2) is 0 Å². The Kier molecular flexibility index (Phi) is 10.0. The summed E-state index contributed by atoms with van der Waals surface area (Å²) in [6, 6.07) is 0. The fourth-order valence-corrected chi connectivity index (χ4v) is 3.27. The number of rotatable bonds is 10.